The number of imidazole rings is 1. The van der Waals surface area contributed by atoms with Crippen LogP contribution in [0.15, 0.2) is 30.6 Å². The van der Waals surface area contributed by atoms with Crippen LogP contribution < -0.4 is 10.6 Å². The zero-order valence-electron chi connectivity index (χ0n) is 14.8. The maximum absolute atomic E-state index is 13.8. The minimum absolute atomic E-state index is 0.259. The number of rotatable bonds is 4. The molecule has 5 rings (SSSR count). The molecule has 1 aliphatic heterocycles. The Kier molecular flexibility index (Phi) is 4.13. The van der Waals surface area contributed by atoms with E-state index in [2.05, 4.69) is 46.2 Å². The number of pyridine rings is 1. The van der Waals surface area contributed by atoms with E-state index in [0.29, 0.717) is 34.5 Å². The van der Waals surface area contributed by atoms with E-state index >= 15 is 0 Å². The number of hydrogen-bond acceptors (Lipinski definition) is 8. The van der Waals surface area contributed by atoms with Gasteiger partial charge in [-0.3, -0.25) is 4.40 Å². The highest BCUT2D eigenvalue weighted by Gasteiger charge is 2.18. The first-order valence-electron chi connectivity index (χ1n) is 8.99. The molecule has 0 bridgehead atoms. The Morgan fingerprint density at radius 2 is 2.18 bits per heavy atom. The second kappa shape index (κ2) is 6.93. The van der Waals surface area contributed by atoms with Gasteiger partial charge in [0.2, 0.25) is 5.82 Å². The van der Waals surface area contributed by atoms with E-state index in [1.165, 1.54) is 12.3 Å². The van der Waals surface area contributed by atoms with Crippen molar-refractivity contribution in [3.8, 4) is 23.0 Å². The Hall–Kier alpha value is -3.47. The number of tetrazole rings is 1. The third kappa shape index (κ3) is 3.16. The average molecular weight is 380 g/mol. The van der Waals surface area contributed by atoms with E-state index < -0.39 is 0 Å². The smallest absolute Gasteiger partial charge is 0.223 e. The normalized spacial score (nSPS) is 17.1. The summed E-state index contributed by atoms with van der Waals surface area (Å²) in [6, 6.07) is 5.02. The van der Waals surface area contributed by atoms with Crippen molar-refractivity contribution >= 4 is 11.5 Å². The molecule has 5 heterocycles. The van der Waals surface area contributed by atoms with Crippen molar-refractivity contribution in [1.82, 2.24) is 45.3 Å². The predicted octanol–water partition coefficient (Wildman–Crippen LogP) is 1.27. The van der Waals surface area contributed by atoms with Crippen LogP contribution in [0.25, 0.3) is 28.7 Å². The van der Waals surface area contributed by atoms with Crippen LogP contribution in [-0.4, -0.2) is 59.1 Å². The minimum Gasteiger partial charge on any atom is -0.366 e. The highest BCUT2D eigenvalue weighted by molar-refractivity contribution is 5.64. The molecule has 4 aromatic rings. The lowest BCUT2D eigenvalue weighted by molar-refractivity contribution is 0.479. The molecule has 11 heteroatoms. The second-order valence-electron chi connectivity index (χ2n) is 6.60. The standard InChI is InChI=1S/C17H17FN10/c18-10-3-4-15-20-8-13(28(15)9-10)17-22-12(16-24-26-27-25-16)6-14(23-17)21-11-2-1-5-19-7-11/h3-4,6,8-9,11,19H,1-2,5,7H2,(H,21,22,23)(H,24,25,26,27). The molecule has 0 saturated carbocycles. The summed E-state index contributed by atoms with van der Waals surface area (Å²) in [5.74, 6) is 1.03. The lowest BCUT2D eigenvalue weighted by Crippen LogP contribution is -2.38. The number of anilines is 1. The molecule has 0 aromatic carbocycles. The maximum atomic E-state index is 13.8. The molecule has 0 aliphatic carbocycles. The Bertz CT molecular complexity index is 1100. The molecule has 0 amide bonds. The number of nitrogens with zero attached hydrogens (tertiary/aromatic N) is 7. The monoisotopic (exact) mass is 380 g/mol. The molecule has 28 heavy (non-hydrogen) atoms. The number of H-pyrrole nitrogens is 1. The molecular weight excluding hydrogens is 363 g/mol. The van der Waals surface area contributed by atoms with Gasteiger partial charge in [-0.15, -0.1) is 10.2 Å². The van der Waals surface area contributed by atoms with Crippen LogP contribution in [-0.2, 0) is 0 Å². The Morgan fingerprint density at radius 1 is 1.21 bits per heavy atom. The van der Waals surface area contributed by atoms with Crippen molar-refractivity contribution in [3.63, 3.8) is 0 Å². The lowest BCUT2D eigenvalue weighted by atomic mass is 10.1. The summed E-state index contributed by atoms with van der Waals surface area (Å²) >= 11 is 0. The van der Waals surface area contributed by atoms with E-state index in [-0.39, 0.29) is 11.9 Å². The number of aromatic nitrogens is 8. The van der Waals surface area contributed by atoms with Gasteiger partial charge in [0.15, 0.2) is 5.82 Å². The van der Waals surface area contributed by atoms with Crippen LogP contribution in [0.2, 0.25) is 0 Å². The number of halogens is 1. The summed E-state index contributed by atoms with van der Waals surface area (Å²) in [5, 5.41) is 20.9. The van der Waals surface area contributed by atoms with Gasteiger partial charge in [-0.25, -0.2) is 19.3 Å². The van der Waals surface area contributed by atoms with E-state index in [0.717, 1.165) is 25.9 Å². The van der Waals surface area contributed by atoms with Crippen LogP contribution in [0.3, 0.4) is 0 Å². The van der Waals surface area contributed by atoms with Crippen LogP contribution in [0.5, 0.6) is 0 Å². The van der Waals surface area contributed by atoms with Crippen molar-refractivity contribution in [2.24, 2.45) is 0 Å². The van der Waals surface area contributed by atoms with E-state index in [9.17, 15) is 4.39 Å². The first kappa shape index (κ1) is 16.7. The van der Waals surface area contributed by atoms with E-state index in [1.807, 2.05) is 0 Å². The Balaban J connectivity index is 1.60. The van der Waals surface area contributed by atoms with Crippen LogP contribution in [0.4, 0.5) is 10.2 Å². The molecule has 1 saturated heterocycles. The largest absolute Gasteiger partial charge is 0.366 e. The van der Waals surface area contributed by atoms with Gasteiger partial charge >= 0.3 is 0 Å². The summed E-state index contributed by atoms with van der Waals surface area (Å²) in [6.07, 6.45) is 5.13. The predicted molar refractivity (Wildman–Crippen MR) is 98.9 cm³/mol. The quantitative estimate of drug-likeness (QED) is 0.484. The number of hydrogen-bond donors (Lipinski definition) is 3. The van der Waals surface area contributed by atoms with Gasteiger partial charge in [-0.2, -0.15) is 5.21 Å². The number of nitrogens with one attached hydrogen (secondary N) is 3. The summed E-state index contributed by atoms with van der Waals surface area (Å²) in [7, 11) is 0. The first-order chi connectivity index (χ1) is 13.8. The van der Waals surface area contributed by atoms with Gasteiger partial charge < -0.3 is 10.6 Å². The van der Waals surface area contributed by atoms with Crippen LogP contribution in [0.1, 0.15) is 12.8 Å². The molecule has 0 spiro atoms. The van der Waals surface area contributed by atoms with Crippen LogP contribution in [0, 0.1) is 5.82 Å². The zero-order chi connectivity index (χ0) is 18.9. The molecule has 10 nitrogen and oxygen atoms in total. The molecule has 1 unspecified atom stereocenters. The van der Waals surface area contributed by atoms with Crippen LogP contribution >= 0.6 is 0 Å². The zero-order valence-corrected chi connectivity index (χ0v) is 14.8. The van der Waals surface area contributed by atoms with Gasteiger partial charge in [0.05, 0.1) is 6.20 Å². The molecule has 1 aliphatic rings. The lowest BCUT2D eigenvalue weighted by Gasteiger charge is -2.24. The highest BCUT2D eigenvalue weighted by Crippen LogP contribution is 2.24. The van der Waals surface area contributed by atoms with Crippen molar-refractivity contribution < 1.29 is 4.39 Å². The third-order valence-electron chi connectivity index (χ3n) is 4.65. The maximum Gasteiger partial charge on any atom is 0.223 e. The van der Waals surface area contributed by atoms with Crippen molar-refractivity contribution in [3.05, 3.63) is 36.4 Å². The summed E-state index contributed by atoms with van der Waals surface area (Å²) in [5.41, 5.74) is 1.69. The second-order valence-corrected chi connectivity index (χ2v) is 6.60. The van der Waals surface area contributed by atoms with Gasteiger partial charge in [-0.1, -0.05) is 0 Å². The molecule has 142 valence electrons. The number of piperidine rings is 1. The summed E-state index contributed by atoms with van der Waals surface area (Å²) < 4.78 is 15.4. The fourth-order valence-corrected chi connectivity index (χ4v) is 3.32. The Labute approximate surface area is 158 Å². The van der Waals surface area contributed by atoms with E-state index in [4.69, 9.17) is 0 Å². The van der Waals surface area contributed by atoms with Gasteiger partial charge in [0.25, 0.3) is 0 Å². The summed E-state index contributed by atoms with van der Waals surface area (Å²) in [4.78, 5) is 13.5. The number of fused-ring (bicyclic) bond motifs is 1. The molecule has 0 radical (unpaired) electrons. The fourth-order valence-electron chi connectivity index (χ4n) is 3.32. The van der Waals surface area contributed by atoms with Crippen molar-refractivity contribution in [2.45, 2.75) is 18.9 Å². The third-order valence-corrected chi connectivity index (χ3v) is 4.65. The highest BCUT2D eigenvalue weighted by atomic mass is 19.1. The molecular formula is C17H17FN10. The molecule has 1 fully saturated rings. The van der Waals surface area contributed by atoms with Gasteiger partial charge in [0.1, 0.15) is 28.7 Å². The topological polar surface area (TPSA) is 122 Å². The minimum atomic E-state index is -0.368. The number of aromatic amines is 1. The SMILES string of the molecule is Fc1ccc2ncc(-c3nc(NC4CCCNC4)cc(-c4nn[nH]n4)n3)n2c1. The van der Waals surface area contributed by atoms with Crippen molar-refractivity contribution in [2.75, 3.05) is 18.4 Å². The first-order valence-corrected chi connectivity index (χ1v) is 8.99. The molecule has 4 aromatic heterocycles. The molecule has 1 atom stereocenters. The molecule has 3 N–H and O–H groups in total. The summed E-state index contributed by atoms with van der Waals surface area (Å²) in [6.45, 7) is 1.88. The van der Waals surface area contributed by atoms with E-state index in [1.54, 1.807) is 22.7 Å². The average Bonchev–Trinajstić information content (AvgIpc) is 3.38. The van der Waals surface area contributed by atoms with Gasteiger partial charge in [0, 0.05) is 24.8 Å². The van der Waals surface area contributed by atoms with Crippen molar-refractivity contribution in [1.29, 1.82) is 0 Å². The van der Waals surface area contributed by atoms with Gasteiger partial charge in [-0.05, 0) is 36.7 Å². The fraction of sp³-hybridized carbons (Fsp3) is 0.294. The Morgan fingerprint density at radius 3 is 3.00 bits per heavy atom.